The first-order chi connectivity index (χ1) is 10.2. The third kappa shape index (κ3) is 3.33. The molecule has 1 aromatic rings. The Morgan fingerprint density at radius 2 is 1.95 bits per heavy atom. The van der Waals surface area contributed by atoms with E-state index < -0.39 is 0 Å². The summed E-state index contributed by atoms with van der Waals surface area (Å²) in [5.41, 5.74) is 1.24. The lowest BCUT2D eigenvalue weighted by atomic mass is 10.0. The molecule has 1 atom stereocenters. The first-order valence-corrected chi connectivity index (χ1v) is 9.19. The first-order valence-electron chi connectivity index (χ1n) is 8.11. The second-order valence-electron chi connectivity index (χ2n) is 6.07. The monoisotopic (exact) mass is 401 g/mol. The van der Waals surface area contributed by atoms with Crippen LogP contribution in [-0.2, 0) is 4.74 Å². The van der Waals surface area contributed by atoms with Gasteiger partial charge >= 0.3 is 0 Å². The number of hydrogen-bond donors (Lipinski definition) is 1. The Balaban J connectivity index is 1.97. The molecule has 0 bridgehead atoms. The first kappa shape index (κ1) is 15.5. The van der Waals surface area contributed by atoms with Gasteiger partial charge in [0.15, 0.2) is 5.82 Å². The van der Waals surface area contributed by atoms with E-state index in [9.17, 15) is 0 Å². The maximum atomic E-state index is 5.95. The number of nitrogens with one attached hydrogen (secondary N) is 1. The average molecular weight is 401 g/mol. The summed E-state index contributed by atoms with van der Waals surface area (Å²) in [5, 5.41) is 3.24. The molecule has 1 aromatic heterocycles. The van der Waals surface area contributed by atoms with E-state index in [1.807, 2.05) is 7.05 Å². The van der Waals surface area contributed by atoms with Gasteiger partial charge in [-0.1, -0.05) is 12.8 Å². The molecule has 21 heavy (non-hydrogen) atoms. The Labute approximate surface area is 140 Å². The third-order valence-electron chi connectivity index (χ3n) is 4.52. The van der Waals surface area contributed by atoms with Gasteiger partial charge in [0.2, 0.25) is 0 Å². The quantitative estimate of drug-likeness (QED) is 0.724. The predicted molar refractivity (Wildman–Crippen MR) is 92.6 cm³/mol. The molecule has 0 spiro atoms. The molecule has 4 nitrogen and oxygen atoms in total. The lowest BCUT2D eigenvalue weighted by Crippen LogP contribution is -2.16. The standard InChI is InChI=1S/C16H24IN3O/c1-3-21-14(11-8-9-11)16-19-13(10-6-4-5-7-10)12(17)15(18-2)20-16/h10-11,14H,3-9H2,1-2H3,(H,18,19,20). The van der Waals surface area contributed by atoms with E-state index in [-0.39, 0.29) is 6.10 Å². The van der Waals surface area contributed by atoms with E-state index >= 15 is 0 Å². The number of anilines is 1. The Bertz CT molecular complexity index is 499. The van der Waals surface area contributed by atoms with Crippen LogP contribution in [0.5, 0.6) is 0 Å². The minimum Gasteiger partial charge on any atom is -0.372 e. The van der Waals surface area contributed by atoms with Crippen molar-refractivity contribution in [1.29, 1.82) is 0 Å². The summed E-state index contributed by atoms with van der Waals surface area (Å²) in [6, 6.07) is 0. The summed E-state index contributed by atoms with van der Waals surface area (Å²) in [6.07, 6.45) is 7.75. The molecule has 2 fully saturated rings. The van der Waals surface area contributed by atoms with Crippen LogP contribution in [0.4, 0.5) is 5.82 Å². The van der Waals surface area contributed by atoms with Gasteiger partial charge in [-0.3, -0.25) is 0 Å². The van der Waals surface area contributed by atoms with Crippen LogP contribution in [0.25, 0.3) is 0 Å². The fourth-order valence-corrected chi connectivity index (χ4v) is 4.20. The van der Waals surface area contributed by atoms with Crippen LogP contribution >= 0.6 is 22.6 Å². The maximum absolute atomic E-state index is 5.95. The molecule has 1 heterocycles. The van der Waals surface area contributed by atoms with Gasteiger partial charge in [0.05, 0.1) is 9.26 Å². The minimum atomic E-state index is 0.0826. The van der Waals surface area contributed by atoms with Gasteiger partial charge in [0, 0.05) is 19.6 Å². The fourth-order valence-electron chi connectivity index (χ4n) is 3.25. The summed E-state index contributed by atoms with van der Waals surface area (Å²) >= 11 is 2.40. The zero-order chi connectivity index (χ0) is 14.8. The van der Waals surface area contributed by atoms with Crippen molar-refractivity contribution in [1.82, 2.24) is 9.97 Å². The highest BCUT2D eigenvalue weighted by atomic mass is 127. The van der Waals surface area contributed by atoms with Crippen molar-refractivity contribution in [3.8, 4) is 0 Å². The van der Waals surface area contributed by atoms with Gasteiger partial charge in [-0.05, 0) is 61.1 Å². The van der Waals surface area contributed by atoms with Gasteiger partial charge in [-0.25, -0.2) is 9.97 Å². The van der Waals surface area contributed by atoms with Crippen LogP contribution in [0.1, 0.15) is 69.0 Å². The molecule has 2 saturated carbocycles. The van der Waals surface area contributed by atoms with Crippen molar-refractivity contribution >= 4 is 28.4 Å². The highest BCUT2D eigenvalue weighted by molar-refractivity contribution is 14.1. The maximum Gasteiger partial charge on any atom is 0.160 e. The van der Waals surface area contributed by atoms with Crippen LogP contribution in [0, 0.1) is 9.49 Å². The van der Waals surface area contributed by atoms with Crippen LogP contribution in [0.15, 0.2) is 0 Å². The summed E-state index contributed by atoms with van der Waals surface area (Å²) in [4.78, 5) is 9.71. The number of rotatable bonds is 6. The average Bonchev–Trinajstić information content (AvgIpc) is 3.19. The van der Waals surface area contributed by atoms with E-state index in [1.165, 1.54) is 47.8 Å². The molecule has 2 aliphatic carbocycles. The fraction of sp³-hybridized carbons (Fsp3) is 0.750. The van der Waals surface area contributed by atoms with Crippen molar-refractivity contribution in [2.45, 2.75) is 57.5 Å². The second-order valence-corrected chi connectivity index (χ2v) is 7.15. The zero-order valence-corrected chi connectivity index (χ0v) is 15.0. The van der Waals surface area contributed by atoms with Crippen LogP contribution < -0.4 is 5.32 Å². The molecular weight excluding hydrogens is 377 g/mol. The van der Waals surface area contributed by atoms with Gasteiger partial charge in [0.1, 0.15) is 11.9 Å². The largest absolute Gasteiger partial charge is 0.372 e. The number of nitrogens with zero attached hydrogens (tertiary/aromatic N) is 2. The highest BCUT2D eigenvalue weighted by Gasteiger charge is 2.36. The number of ether oxygens (including phenoxy) is 1. The minimum absolute atomic E-state index is 0.0826. The summed E-state index contributed by atoms with van der Waals surface area (Å²) in [6.45, 7) is 2.78. The Morgan fingerprint density at radius 1 is 1.24 bits per heavy atom. The molecule has 5 heteroatoms. The number of hydrogen-bond acceptors (Lipinski definition) is 4. The van der Waals surface area contributed by atoms with Crippen molar-refractivity contribution in [2.24, 2.45) is 5.92 Å². The number of aromatic nitrogens is 2. The van der Waals surface area contributed by atoms with Crippen molar-refractivity contribution in [2.75, 3.05) is 19.0 Å². The Hall–Kier alpha value is -0.430. The molecule has 116 valence electrons. The van der Waals surface area contributed by atoms with E-state index in [0.717, 1.165) is 18.2 Å². The van der Waals surface area contributed by atoms with Crippen molar-refractivity contribution in [3.05, 3.63) is 15.1 Å². The number of halogens is 1. The molecule has 1 N–H and O–H groups in total. The van der Waals surface area contributed by atoms with Crippen LogP contribution in [0.3, 0.4) is 0 Å². The molecule has 1 unspecified atom stereocenters. The van der Waals surface area contributed by atoms with E-state index in [4.69, 9.17) is 14.7 Å². The summed E-state index contributed by atoms with van der Waals surface area (Å²) in [5.74, 6) is 3.08. The second kappa shape index (κ2) is 6.77. The zero-order valence-electron chi connectivity index (χ0n) is 12.9. The van der Waals surface area contributed by atoms with E-state index in [1.54, 1.807) is 0 Å². The van der Waals surface area contributed by atoms with Crippen molar-refractivity contribution in [3.63, 3.8) is 0 Å². The molecule has 0 amide bonds. The van der Waals surface area contributed by atoms with Gasteiger partial charge in [0.25, 0.3) is 0 Å². The van der Waals surface area contributed by atoms with Gasteiger partial charge in [-0.2, -0.15) is 0 Å². The normalized spacial score (nSPS) is 20.7. The van der Waals surface area contributed by atoms with Crippen molar-refractivity contribution < 1.29 is 4.74 Å². The predicted octanol–water partition coefficient (Wildman–Crippen LogP) is 4.27. The molecule has 0 radical (unpaired) electrons. The molecule has 0 aromatic carbocycles. The Morgan fingerprint density at radius 3 is 2.52 bits per heavy atom. The Kier molecular flexibility index (Phi) is 4.99. The lowest BCUT2D eigenvalue weighted by molar-refractivity contribution is 0.0399. The molecule has 2 aliphatic rings. The van der Waals surface area contributed by atoms with E-state index in [0.29, 0.717) is 11.8 Å². The van der Waals surface area contributed by atoms with E-state index in [2.05, 4.69) is 34.8 Å². The van der Waals surface area contributed by atoms with Gasteiger partial charge in [-0.15, -0.1) is 0 Å². The SMILES string of the molecule is CCOC(c1nc(NC)c(I)c(C2CCCC2)n1)C1CC1. The lowest BCUT2D eigenvalue weighted by Gasteiger charge is -2.20. The topological polar surface area (TPSA) is 47.0 Å². The van der Waals surface area contributed by atoms with Gasteiger partial charge < -0.3 is 10.1 Å². The third-order valence-corrected chi connectivity index (χ3v) is 5.59. The molecule has 3 rings (SSSR count). The summed E-state index contributed by atoms with van der Waals surface area (Å²) < 4.78 is 7.15. The molecular formula is C16H24IN3O. The van der Waals surface area contributed by atoms with Crippen LogP contribution in [-0.4, -0.2) is 23.6 Å². The summed E-state index contributed by atoms with van der Waals surface area (Å²) in [7, 11) is 1.94. The smallest absolute Gasteiger partial charge is 0.160 e. The highest BCUT2D eigenvalue weighted by Crippen LogP contribution is 2.44. The van der Waals surface area contributed by atoms with Crippen LogP contribution in [0.2, 0.25) is 0 Å². The molecule has 0 saturated heterocycles. The molecule has 0 aliphatic heterocycles.